The lowest BCUT2D eigenvalue weighted by atomic mass is 10.2. The molecule has 3 rings (SSSR count). The number of aromatic nitrogens is 2. The molecular formula is C18H18FN3O3S. The predicted octanol–water partition coefficient (Wildman–Crippen LogP) is 3.32. The first-order chi connectivity index (χ1) is 12.4. The summed E-state index contributed by atoms with van der Waals surface area (Å²) in [4.78, 5) is 4.56. The molecule has 0 aliphatic rings. The van der Waals surface area contributed by atoms with Crippen molar-refractivity contribution < 1.29 is 17.3 Å². The van der Waals surface area contributed by atoms with Gasteiger partial charge in [-0.05, 0) is 42.8 Å². The quantitative estimate of drug-likeness (QED) is 0.638. The number of halogens is 1. The summed E-state index contributed by atoms with van der Waals surface area (Å²) in [6.07, 6.45) is 2.41. The highest BCUT2D eigenvalue weighted by atomic mass is 32.2. The van der Waals surface area contributed by atoms with Crippen LogP contribution in [0.5, 0.6) is 0 Å². The first kappa shape index (κ1) is 18.1. The number of nitrogens with one attached hydrogen (secondary N) is 1. The molecule has 0 radical (unpaired) electrons. The molecule has 0 aliphatic carbocycles. The minimum absolute atomic E-state index is 0.274. The molecule has 0 fully saturated rings. The van der Waals surface area contributed by atoms with Crippen LogP contribution in [0.25, 0.3) is 11.4 Å². The number of sulfone groups is 1. The third-order valence-electron chi connectivity index (χ3n) is 3.74. The van der Waals surface area contributed by atoms with Gasteiger partial charge in [0.15, 0.2) is 9.84 Å². The van der Waals surface area contributed by atoms with Crippen LogP contribution in [0, 0.1) is 5.82 Å². The molecule has 1 heterocycles. The van der Waals surface area contributed by atoms with Crippen molar-refractivity contribution in [1.82, 2.24) is 10.1 Å². The van der Waals surface area contributed by atoms with E-state index in [0.717, 1.165) is 0 Å². The number of benzene rings is 2. The van der Waals surface area contributed by atoms with Crippen LogP contribution in [-0.2, 0) is 16.3 Å². The Labute approximate surface area is 151 Å². The summed E-state index contributed by atoms with van der Waals surface area (Å²) >= 11 is 0. The van der Waals surface area contributed by atoms with E-state index in [1.807, 2.05) is 0 Å². The Morgan fingerprint density at radius 1 is 1.12 bits per heavy atom. The second-order valence-corrected chi connectivity index (χ2v) is 7.80. The Kier molecular flexibility index (Phi) is 5.32. The van der Waals surface area contributed by atoms with E-state index in [1.54, 1.807) is 36.4 Å². The summed E-state index contributed by atoms with van der Waals surface area (Å²) in [6, 6.07) is 12.6. The van der Waals surface area contributed by atoms with Gasteiger partial charge in [-0.1, -0.05) is 17.3 Å². The second kappa shape index (κ2) is 7.65. The molecule has 1 N–H and O–H groups in total. The molecule has 0 unspecified atom stereocenters. The van der Waals surface area contributed by atoms with E-state index in [9.17, 15) is 12.8 Å². The van der Waals surface area contributed by atoms with E-state index >= 15 is 0 Å². The van der Waals surface area contributed by atoms with Crippen molar-refractivity contribution >= 4 is 15.5 Å². The summed E-state index contributed by atoms with van der Waals surface area (Å²) in [5.41, 5.74) is 1.26. The third kappa shape index (κ3) is 4.45. The molecular weight excluding hydrogens is 357 g/mol. The van der Waals surface area contributed by atoms with Crippen molar-refractivity contribution in [1.29, 1.82) is 0 Å². The average Bonchev–Trinajstić information content (AvgIpc) is 3.08. The number of aryl methyl sites for hydroxylation is 1. The maximum absolute atomic E-state index is 12.9. The van der Waals surface area contributed by atoms with E-state index in [-0.39, 0.29) is 10.7 Å². The van der Waals surface area contributed by atoms with Crippen LogP contribution in [0.1, 0.15) is 12.3 Å². The van der Waals surface area contributed by atoms with E-state index in [1.165, 1.54) is 18.4 Å². The van der Waals surface area contributed by atoms with Gasteiger partial charge < -0.3 is 9.84 Å². The Hall–Kier alpha value is -2.74. The van der Waals surface area contributed by atoms with Gasteiger partial charge in [-0.25, -0.2) is 12.8 Å². The third-order valence-corrected chi connectivity index (χ3v) is 4.89. The molecule has 26 heavy (non-hydrogen) atoms. The normalized spacial score (nSPS) is 11.5. The van der Waals surface area contributed by atoms with Crippen molar-refractivity contribution in [2.45, 2.75) is 17.7 Å². The summed E-state index contributed by atoms with van der Waals surface area (Å²) in [5, 5.41) is 7.02. The number of hydrogen-bond acceptors (Lipinski definition) is 6. The summed E-state index contributed by atoms with van der Waals surface area (Å²) in [7, 11) is -3.28. The van der Waals surface area contributed by atoms with Gasteiger partial charge in [0.1, 0.15) is 5.82 Å². The van der Waals surface area contributed by atoms with Crippen LogP contribution >= 0.6 is 0 Å². The zero-order valence-electron chi connectivity index (χ0n) is 14.1. The number of nitrogens with zero attached hydrogens (tertiary/aromatic N) is 2. The molecule has 3 aromatic rings. The van der Waals surface area contributed by atoms with Gasteiger partial charge >= 0.3 is 0 Å². The highest BCUT2D eigenvalue weighted by Crippen LogP contribution is 2.21. The van der Waals surface area contributed by atoms with Crippen LogP contribution in [0.2, 0.25) is 0 Å². The van der Waals surface area contributed by atoms with Crippen molar-refractivity contribution in [2.24, 2.45) is 0 Å². The zero-order valence-corrected chi connectivity index (χ0v) is 15.0. The Morgan fingerprint density at radius 2 is 1.85 bits per heavy atom. The topological polar surface area (TPSA) is 85.1 Å². The lowest BCUT2D eigenvalue weighted by Crippen LogP contribution is -2.08. The van der Waals surface area contributed by atoms with Crippen molar-refractivity contribution in [3.8, 4) is 11.4 Å². The monoisotopic (exact) mass is 375 g/mol. The minimum Gasteiger partial charge on any atom is -0.384 e. The van der Waals surface area contributed by atoms with Crippen molar-refractivity contribution in [3.63, 3.8) is 0 Å². The molecule has 0 aliphatic heterocycles. The minimum atomic E-state index is -3.28. The summed E-state index contributed by atoms with van der Waals surface area (Å²) in [6.45, 7) is 0.556. The molecule has 136 valence electrons. The summed E-state index contributed by atoms with van der Waals surface area (Å²) < 4.78 is 41.7. The molecule has 0 saturated carbocycles. The fraction of sp³-hybridized carbons (Fsp3) is 0.222. The van der Waals surface area contributed by atoms with Crippen LogP contribution in [0.4, 0.5) is 10.1 Å². The standard InChI is InChI=1S/C18H18FN3O3S/c1-26(23,24)16-6-3-2-5-15(16)20-12-4-7-17-21-18(22-25-17)13-8-10-14(19)11-9-13/h2-3,5-6,8-11,20H,4,7,12H2,1H3. The highest BCUT2D eigenvalue weighted by Gasteiger charge is 2.12. The molecule has 2 aromatic carbocycles. The average molecular weight is 375 g/mol. The highest BCUT2D eigenvalue weighted by molar-refractivity contribution is 7.90. The Morgan fingerprint density at radius 3 is 2.58 bits per heavy atom. The molecule has 0 saturated heterocycles. The molecule has 8 heteroatoms. The first-order valence-corrected chi connectivity index (χ1v) is 9.94. The van der Waals surface area contributed by atoms with Crippen LogP contribution in [0.3, 0.4) is 0 Å². The Balaban J connectivity index is 1.56. The van der Waals surface area contributed by atoms with Gasteiger partial charge in [0.05, 0.1) is 10.6 Å². The first-order valence-electron chi connectivity index (χ1n) is 8.05. The molecule has 0 spiro atoms. The molecule has 0 atom stereocenters. The smallest absolute Gasteiger partial charge is 0.227 e. The molecule has 0 bridgehead atoms. The van der Waals surface area contributed by atoms with Gasteiger partial charge in [-0.3, -0.25) is 0 Å². The number of para-hydroxylation sites is 1. The van der Waals surface area contributed by atoms with Gasteiger partial charge in [0.2, 0.25) is 11.7 Å². The molecule has 6 nitrogen and oxygen atoms in total. The fourth-order valence-electron chi connectivity index (χ4n) is 2.47. The second-order valence-electron chi connectivity index (χ2n) is 5.82. The SMILES string of the molecule is CS(=O)(=O)c1ccccc1NCCCc1nc(-c2ccc(F)cc2)no1. The van der Waals surface area contributed by atoms with Crippen molar-refractivity contribution in [2.75, 3.05) is 18.1 Å². The maximum atomic E-state index is 12.9. The molecule has 1 aromatic heterocycles. The maximum Gasteiger partial charge on any atom is 0.227 e. The van der Waals surface area contributed by atoms with Gasteiger partial charge in [-0.2, -0.15) is 4.98 Å². The number of hydrogen-bond donors (Lipinski definition) is 1. The van der Waals surface area contributed by atoms with E-state index in [4.69, 9.17) is 4.52 Å². The molecule has 0 amide bonds. The van der Waals surface area contributed by atoms with Crippen molar-refractivity contribution in [3.05, 3.63) is 60.2 Å². The lowest BCUT2D eigenvalue weighted by Gasteiger charge is -2.09. The van der Waals surface area contributed by atoms with Crippen LogP contribution in [0.15, 0.2) is 57.9 Å². The van der Waals surface area contributed by atoms with E-state index in [2.05, 4.69) is 15.5 Å². The fourth-order valence-corrected chi connectivity index (χ4v) is 3.34. The summed E-state index contributed by atoms with van der Waals surface area (Å²) in [5.74, 6) is 0.566. The van der Waals surface area contributed by atoms with E-state index < -0.39 is 9.84 Å². The number of anilines is 1. The predicted molar refractivity (Wildman–Crippen MR) is 96.1 cm³/mol. The zero-order chi connectivity index (χ0) is 18.6. The van der Waals surface area contributed by atoms with Gasteiger partial charge in [0.25, 0.3) is 0 Å². The Bertz CT molecular complexity index is 985. The largest absolute Gasteiger partial charge is 0.384 e. The van der Waals surface area contributed by atoms with Gasteiger partial charge in [0, 0.05) is 24.8 Å². The van der Waals surface area contributed by atoms with Crippen LogP contribution < -0.4 is 5.32 Å². The van der Waals surface area contributed by atoms with E-state index in [0.29, 0.717) is 42.4 Å². The number of rotatable bonds is 7. The van der Waals surface area contributed by atoms with Crippen LogP contribution in [-0.4, -0.2) is 31.4 Å². The van der Waals surface area contributed by atoms with Gasteiger partial charge in [-0.15, -0.1) is 0 Å². The lowest BCUT2D eigenvalue weighted by molar-refractivity contribution is 0.377.